The Balaban J connectivity index is 1.80. The lowest BCUT2D eigenvalue weighted by Gasteiger charge is -2.45. The molecule has 2 aliphatic rings. The van der Waals surface area contributed by atoms with Crippen LogP contribution in [-0.2, 0) is 4.79 Å². The minimum Gasteiger partial charge on any atom is -0.484 e. The number of fused-ring (bicyclic) bond motifs is 1. The van der Waals surface area contributed by atoms with Gasteiger partial charge < -0.3 is 9.64 Å². The highest BCUT2D eigenvalue weighted by Gasteiger charge is 2.45. The number of benzene rings is 1. The summed E-state index contributed by atoms with van der Waals surface area (Å²) in [5.74, 6) is 0.550. The molecule has 4 nitrogen and oxygen atoms in total. The molecule has 1 saturated heterocycles. The van der Waals surface area contributed by atoms with Gasteiger partial charge in [0.15, 0.2) is 5.78 Å². The van der Waals surface area contributed by atoms with Gasteiger partial charge in [-0.05, 0) is 12.1 Å². The SMILES string of the molecule is CC(C)(C)C(=O)N1CCC2(CC1)CC(=O)c1cc(Cl)cc(Cl)c1O2. The molecule has 0 aliphatic carbocycles. The fourth-order valence-electron chi connectivity index (χ4n) is 3.38. The van der Waals surface area contributed by atoms with Crippen LogP contribution in [0.4, 0.5) is 0 Å². The summed E-state index contributed by atoms with van der Waals surface area (Å²) in [6.45, 7) is 6.92. The fraction of sp³-hybridized carbons (Fsp3) is 0.556. The van der Waals surface area contributed by atoms with Gasteiger partial charge in [0.1, 0.15) is 11.4 Å². The Bertz CT molecular complexity index is 701. The Labute approximate surface area is 152 Å². The van der Waals surface area contributed by atoms with E-state index in [4.69, 9.17) is 27.9 Å². The molecule has 0 unspecified atom stereocenters. The molecule has 130 valence electrons. The molecule has 1 spiro atoms. The molecule has 0 atom stereocenters. The molecule has 3 rings (SSSR count). The van der Waals surface area contributed by atoms with Crippen molar-refractivity contribution in [1.29, 1.82) is 0 Å². The zero-order valence-electron chi connectivity index (χ0n) is 14.1. The van der Waals surface area contributed by atoms with Crippen molar-refractivity contribution in [2.24, 2.45) is 5.41 Å². The summed E-state index contributed by atoms with van der Waals surface area (Å²) in [5, 5.41) is 0.787. The van der Waals surface area contributed by atoms with Crippen LogP contribution in [0.15, 0.2) is 12.1 Å². The van der Waals surface area contributed by atoms with E-state index in [2.05, 4.69) is 0 Å². The highest BCUT2D eigenvalue weighted by Crippen LogP contribution is 2.44. The molecule has 1 amide bonds. The molecular formula is C18H21Cl2NO3. The number of piperidine rings is 1. The van der Waals surface area contributed by atoms with Crippen LogP contribution < -0.4 is 4.74 Å². The number of hydrogen-bond acceptors (Lipinski definition) is 3. The van der Waals surface area contributed by atoms with Gasteiger partial charge in [-0.15, -0.1) is 0 Å². The molecule has 0 N–H and O–H groups in total. The van der Waals surface area contributed by atoms with Gasteiger partial charge in [-0.3, -0.25) is 9.59 Å². The van der Waals surface area contributed by atoms with E-state index in [0.717, 1.165) is 0 Å². The van der Waals surface area contributed by atoms with E-state index < -0.39 is 11.0 Å². The Hall–Kier alpha value is -1.26. The highest BCUT2D eigenvalue weighted by atomic mass is 35.5. The summed E-state index contributed by atoms with van der Waals surface area (Å²) in [7, 11) is 0. The summed E-state index contributed by atoms with van der Waals surface area (Å²) in [6.07, 6.45) is 1.55. The minimum atomic E-state index is -0.573. The molecule has 1 fully saturated rings. The quantitative estimate of drug-likeness (QED) is 0.682. The first-order valence-corrected chi connectivity index (χ1v) is 8.88. The molecule has 0 bridgehead atoms. The molecular weight excluding hydrogens is 349 g/mol. The molecule has 2 heterocycles. The van der Waals surface area contributed by atoms with Gasteiger partial charge in [0.05, 0.1) is 17.0 Å². The number of carbonyl (C=O) groups excluding carboxylic acids is 2. The Morgan fingerprint density at radius 2 is 1.83 bits per heavy atom. The zero-order valence-corrected chi connectivity index (χ0v) is 15.6. The smallest absolute Gasteiger partial charge is 0.227 e. The molecule has 2 aliphatic heterocycles. The second-order valence-corrected chi connectivity index (χ2v) is 8.54. The normalized spacial score (nSPS) is 19.9. The van der Waals surface area contributed by atoms with Crippen molar-refractivity contribution in [3.05, 3.63) is 27.7 Å². The third kappa shape index (κ3) is 3.14. The number of ether oxygens (including phenoxy) is 1. The third-order valence-corrected chi connectivity index (χ3v) is 5.21. The van der Waals surface area contributed by atoms with Gasteiger partial charge in [0.2, 0.25) is 5.91 Å². The zero-order chi connectivity index (χ0) is 17.7. The predicted octanol–water partition coefficient (Wildman–Crippen LogP) is 4.37. The number of rotatable bonds is 0. The van der Waals surface area contributed by atoms with Crippen molar-refractivity contribution in [2.75, 3.05) is 13.1 Å². The monoisotopic (exact) mass is 369 g/mol. The van der Waals surface area contributed by atoms with Crippen LogP contribution >= 0.6 is 23.2 Å². The van der Waals surface area contributed by atoms with Crippen LogP contribution in [-0.4, -0.2) is 35.3 Å². The first-order chi connectivity index (χ1) is 11.1. The van der Waals surface area contributed by atoms with Crippen LogP contribution in [0, 0.1) is 5.41 Å². The van der Waals surface area contributed by atoms with Crippen molar-refractivity contribution >= 4 is 34.9 Å². The van der Waals surface area contributed by atoms with Crippen molar-refractivity contribution in [3.63, 3.8) is 0 Å². The minimum absolute atomic E-state index is 0.00347. The second-order valence-electron chi connectivity index (χ2n) is 7.69. The lowest BCUT2D eigenvalue weighted by atomic mass is 9.81. The van der Waals surface area contributed by atoms with E-state index in [-0.39, 0.29) is 11.7 Å². The van der Waals surface area contributed by atoms with Crippen molar-refractivity contribution in [1.82, 2.24) is 4.90 Å². The largest absolute Gasteiger partial charge is 0.484 e. The molecule has 6 heteroatoms. The number of nitrogens with zero attached hydrogens (tertiary/aromatic N) is 1. The van der Waals surface area contributed by atoms with E-state index in [1.54, 1.807) is 12.1 Å². The maximum atomic E-state index is 12.6. The predicted molar refractivity (Wildman–Crippen MR) is 94.0 cm³/mol. The molecule has 0 saturated carbocycles. The van der Waals surface area contributed by atoms with E-state index in [1.807, 2.05) is 25.7 Å². The van der Waals surface area contributed by atoms with E-state index >= 15 is 0 Å². The lowest BCUT2D eigenvalue weighted by Crippen LogP contribution is -2.54. The fourth-order valence-corrected chi connectivity index (χ4v) is 3.91. The van der Waals surface area contributed by atoms with Gasteiger partial charge in [-0.2, -0.15) is 0 Å². The average Bonchev–Trinajstić information content (AvgIpc) is 2.48. The van der Waals surface area contributed by atoms with Gasteiger partial charge >= 0.3 is 0 Å². The average molecular weight is 370 g/mol. The molecule has 1 aromatic carbocycles. The topological polar surface area (TPSA) is 46.6 Å². The third-order valence-electron chi connectivity index (χ3n) is 4.71. The number of Topliss-reactive ketones (excluding diaryl/α,β-unsaturated/α-hetero) is 1. The van der Waals surface area contributed by atoms with Crippen LogP contribution in [0.25, 0.3) is 0 Å². The summed E-state index contributed by atoms with van der Waals surface area (Å²) >= 11 is 12.2. The van der Waals surface area contributed by atoms with Crippen LogP contribution in [0.2, 0.25) is 10.0 Å². The van der Waals surface area contributed by atoms with Gasteiger partial charge in [0.25, 0.3) is 0 Å². The van der Waals surface area contributed by atoms with Crippen molar-refractivity contribution in [3.8, 4) is 5.75 Å². The lowest BCUT2D eigenvalue weighted by molar-refractivity contribution is -0.143. The molecule has 0 radical (unpaired) electrons. The highest BCUT2D eigenvalue weighted by molar-refractivity contribution is 6.36. The van der Waals surface area contributed by atoms with Gasteiger partial charge in [0, 0.05) is 36.4 Å². The maximum absolute atomic E-state index is 12.6. The number of carbonyl (C=O) groups is 2. The van der Waals surface area contributed by atoms with Crippen LogP contribution in [0.5, 0.6) is 5.75 Å². The standard InChI is InChI=1S/C18H21Cl2NO3/c1-17(2,3)16(23)21-6-4-18(5-7-21)10-14(22)12-8-11(19)9-13(20)15(12)24-18/h8-9H,4-7,10H2,1-3H3. The number of likely N-dealkylation sites (tertiary alicyclic amines) is 1. The van der Waals surface area contributed by atoms with Crippen LogP contribution in [0.3, 0.4) is 0 Å². The maximum Gasteiger partial charge on any atom is 0.227 e. The van der Waals surface area contributed by atoms with Gasteiger partial charge in [-0.1, -0.05) is 44.0 Å². The summed E-state index contributed by atoms with van der Waals surface area (Å²) in [5.41, 5.74) is -0.525. The second kappa shape index (κ2) is 5.92. The first-order valence-electron chi connectivity index (χ1n) is 8.12. The van der Waals surface area contributed by atoms with Gasteiger partial charge in [-0.25, -0.2) is 0 Å². The number of amides is 1. The molecule has 1 aromatic rings. The summed E-state index contributed by atoms with van der Waals surface area (Å²) < 4.78 is 6.18. The van der Waals surface area contributed by atoms with Crippen molar-refractivity contribution < 1.29 is 14.3 Å². The van der Waals surface area contributed by atoms with Crippen molar-refractivity contribution in [2.45, 2.75) is 45.6 Å². The van der Waals surface area contributed by atoms with E-state index in [9.17, 15) is 9.59 Å². The number of ketones is 1. The van der Waals surface area contributed by atoms with E-state index in [0.29, 0.717) is 53.7 Å². The number of hydrogen-bond donors (Lipinski definition) is 0. The Morgan fingerprint density at radius 3 is 2.42 bits per heavy atom. The molecule has 0 aromatic heterocycles. The summed E-state index contributed by atoms with van der Waals surface area (Å²) in [6, 6.07) is 3.20. The number of halogens is 2. The van der Waals surface area contributed by atoms with E-state index in [1.165, 1.54) is 0 Å². The Morgan fingerprint density at radius 1 is 1.21 bits per heavy atom. The summed E-state index contributed by atoms with van der Waals surface area (Å²) in [4.78, 5) is 26.8. The Kier molecular flexibility index (Phi) is 4.33. The first kappa shape index (κ1) is 17.6. The molecule has 24 heavy (non-hydrogen) atoms. The van der Waals surface area contributed by atoms with Crippen LogP contribution in [0.1, 0.15) is 50.4 Å².